The van der Waals surface area contributed by atoms with Gasteiger partial charge >= 0.3 is 0 Å². The lowest BCUT2D eigenvalue weighted by Crippen LogP contribution is -2.49. The Morgan fingerprint density at radius 2 is 1.32 bits per heavy atom. The number of aliphatic hydroxyl groups is 1. The minimum atomic E-state index is -0.422. The van der Waals surface area contributed by atoms with Crippen LogP contribution < -0.4 is 4.90 Å². The number of benzene rings is 3. The lowest BCUT2D eigenvalue weighted by atomic mass is 10.2. The number of aromatic nitrogens is 1. The Morgan fingerprint density at radius 3 is 1.90 bits per heavy atom. The number of aliphatic hydroxyl groups excluding tert-OH is 1. The van der Waals surface area contributed by atoms with Crippen molar-refractivity contribution in [3.8, 4) is 0 Å². The fraction of sp³-hybridized carbons (Fsp3) is 0.280. The van der Waals surface area contributed by atoms with Crippen molar-refractivity contribution in [2.75, 3.05) is 37.6 Å². The second-order valence-electron chi connectivity index (χ2n) is 8.21. The van der Waals surface area contributed by atoms with Crippen molar-refractivity contribution in [3.63, 3.8) is 0 Å². The van der Waals surface area contributed by atoms with Crippen LogP contribution in [0.1, 0.15) is 0 Å². The highest BCUT2D eigenvalue weighted by Crippen LogP contribution is 2.33. The van der Waals surface area contributed by atoms with Crippen LogP contribution in [0.4, 0.5) is 5.69 Å². The third-order valence-corrected chi connectivity index (χ3v) is 7.13. The van der Waals surface area contributed by atoms with Gasteiger partial charge in [0.25, 0.3) is 0 Å². The van der Waals surface area contributed by atoms with Gasteiger partial charge in [-0.3, -0.25) is 4.90 Å². The van der Waals surface area contributed by atoms with Gasteiger partial charge in [-0.05, 0) is 48.5 Å². The average molecular weight is 543 g/mol. The van der Waals surface area contributed by atoms with Crippen LogP contribution in [0.25, 0.3) is 21.8 Å². The minimum absolute atomic E-state index is 0.422. The number of hydrogen-bond donors (Lipinski definition) is 1. The molecule has 0 aliphatic carbocycles. The first kappa shape index (κ1) is 21.0. The summed E-state index contributed by atoms with van der Waals surface area (Å²) < 4.78 is 4.39. The fourth-order valence-electron chi connectivity index (χ4n) is 4.64. The van der Waals surface area contributed by atoms with E-state index in [9.17, 15) is 5.11 Å². The standard InChI is InChI=1S/C25H25Br2N3O/c26-18-6-8-24-22(14-18)23-15-19(27)7-9-25(23)30(24)17-21(31)16-28-10-12-29(13-11-28)20-4-2-1-3-5-20/h1-9,14-15,21,31H,10-13,16-17H2. The minimum Gasteiger partial charge on any atom is -0.390 e. The SMILES string of the molecule is OC(CN1CCN(c2ccccc2)CC1)Cn1c2ccc(Br)cc2c2cc(Br)ccc21. The molecule has 4 nitrogen and oxygen atoms in total. The number of β-amino-alcohol motifs (C(OH)–C–C–N with tert-alkyl or cyclic N) is 1. The molecule has 1 N–H and O–H groups in total. The number of anilines is 1. The van der Waals surface area contributed by atoms with Gasteiger partial charge in [0.2, 0.25) is 0 Å². The molecule has 0 bridgehead atoms. The van der Waals surface area contributed by atoms with E-state index in [1.807, 2.05) is 0 Å². The van der Waals surface area contributed by atoms with Crippen molar-refractivity contribution in [3.05, 3.63) is 75.7 Å². The molecule has 2 heterocycles. The smallest absolute Gasteiger partial charge is 0.0845 e. The highest BCUT2D eigenvalue weighted by atomic mass is 79.9. The highest BCUT2D eigenvalue weighted by molar-refractivity contribution is 9.10. The summed E-state index contributed by atoms with van der Waals surface area (Å²) in [6, 6.07) is 23.3. The molecule has 1 atom stereocenters. The lowest BCUT2D eigenvalue weighted by Gasteiger charge is -2.37. The molecule has 0 saturated carbocycles. The molecular weight excluding hydrogens is 518 g/mol. The molecule has 1 aliphatic rings. The molecule has 160 valence electrons. The second-order valence-corrected chi connectivity index (χ2v) is 10.0. The molecule has 1 fully saturated rings. The van der Waals surface area contributed by atoms with E-state index >= 15 is 0 Å². The zero-order valence-corrected chi connectivity index (χ0v) is 20.4. The summed E-state index contributed by atoms with van der Waals surface area (Å²) >= 11 is 7.21. The van der Waals surface area contributed by atoms with Crippen molar-refractivity contribution in [1.29, 1.82) is 0 Å². The molecule has 1 unspecified atom stereocenters. The molecule has 0 spiro atoms. The normalized spacial score (nSPS) is 16.3. The highest BCUT2D eigenvalue weighted by Gasteiger charge is 2.21. The van der Waals surface area contributed by atoms with Crippen LogP contribution in [0.15, 0.2) is 75.7 Å². The zero-order chi connectivity index (χ0) is 21.4. The van der Waals surface area contributed by atoms with E-state index in [-0.39, 0.29) is 0 Å². The van der Waals surface area contributed by atoms with Crippen molar-refractivity contribution in [1.82, 2.24) is 9.47 Å². The maximum absolute atomic E-state index is 11.0. The second kappa shape index (κ2) is 8.94. The summed E-state index contributed by atoms with van der Waals surface area (Å²) in [6.07, 6.45) is -0.422. The van der Waals surface area contributed by atoms with Crippen LogP contribution in [0.5, 0.6) is 0 Å². The molecule has 4 aromatic rings. The summed E-state index contributed by atoms with van der Waals surface area (Å²) in [5, 5.41) is 13.4. The summed E-state index contributed by atoms with van der Waals surface area (Å²) in [5.41, 5.74) is 3.60. The quantitative estimate of drug-likeness (QED) is 0.361. The predicted octanol–water partition coefficient (Wildman–Crippen LogP) is 5.50. The topological polar surface area (TPSA) is 31.6 Å². The molecule has 1 aromatic heterocycles. The van der Waals surface area contributed by atoms with Crippen LogP contribution in [0, 0.1) is 0 Å². The van der Waals surface area contributed by atoms with Gasteiger partial charge in [0, 0.05) is 69.2 Å². The lowest BCUT2D eigenvalue weighted by molar-refractivity contribution is 0.0969. The van der Waals surface area contributed by atoms with Crippen LogP contribution in [-0.2, 0) is 6.54 Å². The number of nitrogens with zero attached hydrogens (tertiary/aromatic N) is 3. The van der Waals surface area contributed by atoms with E-state index in [1.54, 1.807) is 0 Å². The van der Waals surface area contributed by atoms with Crippen LogP contribution in [0.2, 0.25) is 0 Å². The number of rotatable bonds is 5. The van der Waals surface area contributed by atoms with Crippen LogP contribution in [-0.4, -0.2) is 53.4 Å². The van der Waals surface area contributed by atoms with E-state index in [0.29, 0.717) is 13.1 Å². The number of halogens is 2. The van der Waals surface area contributed by atoms with Crippen LogP contribution >= 0.6 is 31.9 Å². The Morgan fingerprint density at radius 1 is 0.742 bits per heavy atom. The van der Waals surface area contributed by atoms with Gasteiger partial charge in [0.1, 0.15) is 0 Å². The van der Waals surface area contributed by atoms with Crippen molar-refractivity contribution in [2.24, 2.45) is 0 Å². The molecule has 1 saturated heterocycles. The first-order valence-corrected chi connectivity index (χ1v) is 12.2. The van der Waals surface area contributed by atoms with Gasteiger partial charge in [-0.15, -0.1) is 0 Å². The Bertz CT molecular complexity index is 1140. The number of fused-ring (bicyclic) bond motifs is 3. The third-order valence-electron chi connectivity index (χ3n) is 6.14. The molecule has 31 heavy (non-hydrogen) atoms. The first-order chi connectivity index (χ1) is 15.1. The predicted molar refractivity (Wildman–Crippen MR) is 136 cm³/mol. The summed E-state index contributed by atoms with van der Waals surface area (Å²) in [7, 11) is 0. The van der Waals surface area contributed by atoms with Gasteiger partial charge < -0.3 is 14.6 Å². The van der Waals surface area contributed by atoms with E-state index < -0.39 is 6.10 Å². The number of hydrogen-bond acceptors (Lipinski definition) is 3. The number of piperazine rings is 1. The molecule has 6 heteroatoms. The maximum Gasteiger partial charge on any atom is 0.0845 e. The van der Waals surface area contributed by atoms with Crippen molar-refractivity contribution < 1.29 is 5.11 Å². The van der Waals surface area contributed by atoms with E-state index in [4.69, 9.17) is 0 Å². The first-order valence-electron chi connectivity index (χ1n) is 10.7. The molecule has 3 aromatic carbocycles. The summed E-state index contributed by atoms with van der Waals surface area (Å²) in [6.45, 7) is 5.21. The molecule has 1 aliphatic heterocycles. The number of para-hydroxylation sites is 1. The Kier molecular flexibility index (Phi) is 6.06. The third kappa shape index (κ3) is 4.40. The summed E-state index contributed by atoms with van der Waals surface area (Å²) in [4.78, 5) is 4.80. The van der Waals surface area contributed by atoms with Gasteiger partial charge in [0.15, 0.2) is 0 Å². The monoisotopic (exact) mass is 541 g/mol. The van der Waals surface area contributed by atoms with Gasteiger partial charge in [-0.1, -0.05) is 50.1 Å². The average Bonchev–Trinajstić information content (AvgIpc) is 3.07. The molecule has 0 radical (unpaired) electrons. The van der Waals surface area contributed by atoms with Gasteiger partial charge in [0.05, 0.1) is 12.6 Å². The van der Waals surface area contributed by atoms with E-state index in [1.165, 1.54) is 16.5 Å². The fourth-order valence-corrected chi connectivity index (χ4v) is 5.36. The Labute approximate surface area is 199 Å². The maximum atomic E-state index is 11.0. The van der Waals surface area contributed by atoms with Gasteiger partial charge in [-0.2, -0.15) is 0 Å². The molecule has 5 rings (SSSR count). The largest absolute Gasteiger partial charge is 0.390 e. The summed E-state index contributed by atoms with van der Waals surface area (Å²) in [5.74, 6) is 0. The Balaban J connectivity index is 1.31. The van der Waals surface area contributed by atoms with Crippen molar-refractivity contribution >= 4 is 59.4 Å². The molecular formula is C25H25Br2N3O. The Hall–Kier alpha value is -1.86. The van der Waals surface area contributed by atoms with Gasteiger partial charge in [-0.25, -0.2) is 0 Å². The van der Waals surface area contributed by atoms with Crippen LogP contribution in [0.3, 0.4) is 0 Å². The van der Waals surface area contributed by atoms with E-state index in [2.05, 4.69) is 113 Å². The molecule has 0 amide bonds. The zero-order valence-electron chi connectivity index (χ0n) is 17.2. The van der Waals surface area contributed by atoms with E-state index in [0.717, 1.165) is 46.2 Å². The van der Waals surface area contributed by atoms with Crippen molar-refractivity contribution in [2.45, 2.75) is 12.6 Å².